The number of aryl methyl sites for hydroxylation is 1. The van der Waals surface area contributed by atoms with Gasteiger partial charge in [-0.05, 0) is 42.8 Å². The molecule has 1 aliphatic rings. The Balaban J connectivity index is 1.51. The number of rotatable bonds is 6. The van der Waals surface area contributed by atoms with Crippen molar-refractivity contribution in [1.82, 2.24) is 0 Å². The molecule has 1 heterocycles. The molecule has 1 atom stereocenters. The molecule has 4 rings (SSSR count). The summed E-state index contributed by atoms with van der Waals surface area (Å²) in [5.41, 5.74) is 3.65. The molecule has 6 heteroatoms. The van der Waals surface area contributed by atoms with Crippen LogP contribution in [0.15, 0.2) is 66.7 Å². The van der Waals surface area contributed by atoms with Crippen LogP contribution in [0.25, 0.3) is 0 Å². The standard InChI is InChI=1S/C23H21ClN2O3/c1-15-7-9-18(12-19(15)24)26-23(27)22(17-5-3-2-4-6-17)25-13-16-8-10-20-21(11-16)29-14-28-20/h2-12,22,25H,13-14H2,1H3,(H,26,27)/p+1/t22-/m1/s1. The van der Waals surface area contributed by atoms with E-state index in [1.165, 1.54) is 0 Å². The summed E-state index contributed by atoms with van der Waals surface area (Å²) in [6.07, 6.45) is 0. The molecule has 3 aromatic rings. The molecule has 148 valence electrons. The highest BCUT2D eigenvalue weighted by molar-refractivity contribution is 6.31. The second-order valence-electron chi connectivity index (χ2n) is 6.97. The molecule has 0 bridgehead atoms. The van der Waals surface area contributed by atoms with Crippen molar-refractivity contribution >= 4 is 23.2 Å². The predicted molar refractivity (Wildman–Crippen MR) is 112 cm³/mol. The van der Waals surface area contributed by atoms with E-state index >= 15 is 0 Å². The number of hydrogen-bond donors (Lipinski definition) is 2. The zero-order valence-electron chi connectivity index (χ0n) is 16.0. The number of carbonyl (C=O) groups excluding carboxylic acids is 1. The number of amides is 1. The molecule has 0 saturated heterocycles. The molecular weight excluding hydrogens is 388 g/mol. The van der Waals surface area contributed by atoms with Crippen LogP contribution in [0.1, 0.15) is 22.7 Å². The van der Waals surface area contributed by atoms with Crippen LogP contribution < -0.4 is 20.1 Å². The van der Waals surface area contributed by atoms with Crippen LogP contribution in [0.4, 0.5) is 5.69 Å². The summed E-state index contributed by atoms with van der Waals surface area (Å²) >= 11 is 6.20. The third-order valence-electron chi connectivity index (χ3n) is 4.91. The van der Waals surface area contributed by atoms with Crippen molar-refractivity contribution in [2.45, 2.75) is 19.5 Å². The van der Waals surface area contributed by atoms with Crippen LogP contribution >= 0.6 is 11.6 Å². The first-order valence-electron chi connectivity index (χ1n) is 9.44. The van der Waals surface area contributed by atoms with Gasteiger partial charge in [0.1, 0.15) is 6.54 Å². The summed E-state index contributed by atoms with van der Waals surface area (Å²) in [6, 6.07) is 20.7. The lowest BCUT2D eigenvalue weighted by Crippen LogP contribution is -2.85. The van der Waals surface area contributed by atoms with Gasteiger partial charge in [-0.3, -0.25) is 4.79 Å². The Labute approximate surface area is 174 Å². The van der Waals surface area contributed by atoms with Gasteiger partial charge in [0.05, 0.1) is 0 Å². The van der Waals surface area contributed by atoms with E-state index in [0.29, 0.717) is 17.3 Å². The molecule has 5 nitrogen and oxygen atoms in total. The summed E-state index contributed by atoms with van der Waals surface area (Å²) in [7, 11) is 0. The SMILES string of the molecule is Cc1ccc(NC(=O)[C@H]([NH2+]Cc2ccc3c(c2)OCO3)c2ccccc2)cc1Cl. The van der Waals surface area contributed by atoms with E-state index in [1.54, 1.807) is 6.07 Å². The first-order chi connectivity index (χ1) is 14.1. The Hall–Kier alpha value is -3.02. The second kappa shape index (κ2) is 8.55. The maximum Gasteiger partial charge on any atom is 0.287 e. The van der Waals surface area contributed by atoms with Crippen LogP contribution in [0.2, 0.25) is 5.02 Å². The fourth-order valence-electron chi connectivity index (χ4n) is 3.27. The first kappa shape index (κ1) is 19.3. The van der Waals surface area contributed by atoms with Gasteiger partial charge in [0, 0.05) is 21.8 Å². The fourth-order valence-corrected chi connectivity index (χ4v) is 3.45. The van der Waals surface area contributed by atoms with Crippen molar-refractivity contribution in [2.24, 2.45) is 0 Å². The smallest absolute Gasteiger partial charge is 0.287 e. The Morgan fingerprint density at radius 3 is 2.66 bits per heavy atom. The molecular formula is C23H22ClN2O3+. The van der Waals surface area contributed by atoms with Crippen LogP contribution in [0, 0.1) is 6.92 Å². The van der Waals surface area contributed by atoms with E-state index in [9.17, 15) is 4.79 Å². The number of anilines is 1. The van der Waals surface area contributed by atoms with Gasteiger partial charge in [-0.1, -0.05) is 48.0 Å². The van der Waals surface area contributed by atoms with E-state index < -0.39 is 6.04 Å². The number of benzene rings is 3. The fraction of sp³-hybridized carbons (Fsp3) is 0.174. The van der Waals surface area contributed by atoms with Crippen molar-refractivity contribution in [1.29, 1.82) is 0 Å². The van der Waals surface area contributed by atoms with Crippen molar-refractivity contribution in [3.8, 4) is 11.5 Å². The first-order valence-corrected chi connectivity index (χ1v) is 9.82. The largest absolute Gasteiger partial charge is 0.454 e. The molecule has 3 aromatic carbocycles. The van der Waals surface area contributed by atoms with Crippen LogP contribution in [-0.2, 0) is 11.3 Å². The minimum absolute atomic E-state index is 0.100. The molecule has 0 fully saturated rings. The maximum absolute atomic E-state index is 13.1. The molecule has 0 radical (unpaired) electrons. The minimum atomic E-state index is -0.401. The highest BCUT2D eigenvalue weighted by Crippen LogP contribution is 2.32. The quantitative estimate of drug-likeness (QED) is 0.650. The van der Waals surface area contributed by atoms with Crippen molar-refractivity contribution in [2.75, 3.05) is 12.1 Å². The molecule has 0 spiro atoms. The lowest BCUT2D eigenvalue weighted by atomic mass is 10.1. The monoisotopic (exact) mass is 409 g/mol. The Morgan fingerprint density at radius 1 is 1.07 bits per heavy atom. The van der Waals surface area contributed by atoms with Gasteiger partial charge in [0.25, 0.3) is 5.91 Å². The van der Waals surface area contributed by atoms with Crippen LogP contribution in [0.3, 0.4) is 0 Å². The van der Waals surface area contributed by atoms with Gasteiger partial charge in [-0.25, -0.2) is 0 Å². The lowest BCUT2D eigenvalue weighted by Gasteiger charge is -2.16. The molecule has 0 aromatic heterocycles. The van der Waals surface area contributed by atoms with E-state index in [0.717, 1.165) is 28.2 Å². The molecule has 3 N–H and O–H groups in total. The summed E-state index contributed by atoms with van der Waals surface area (Å²) < 4.78 is 10.8. The van der Waals surface area contributed by atoms with Gasteiger partial charge in [-0.2, -0.15) is 0 Å². The molecule has 0 aliphatic carbocycles. The van der Waals surface area contributed by atoms with Crippen LogP contribution in [0.5, 0.6) is 11.5 Å². The Morgan fingerprint density at radius 2 is 1.86 bits per heavy atom. The predicted octanol–water partition coefficient (Wildman–Crippen LogP) is 3.82. The summed E-state index contributed by atoms with van der Waals surface area (Å²) in [5, 5.41) is 5.63. The van der Waals surface area contributed by atoms with Crippen molar-refractivity contribution in [3.05, 3.63) is 88.4 Å². The van der Waals surface area contributed by atoms with Crippen molar-refractivity contribution in [3.63, 3.8) is 0 Å². The van der Waals surface area contributed by atoms with Crippen molar-refractivity contribution < 1.29 is 19.6 Å². The molecule has 1 aliphatic heterocycles. The molecule has 29 heavy (non-hydrogen) atoms. The molecule has 0 saturated carbocycles. The third kappa shape index (κ3) is 4.53. The second-order valence-corrected chi connectivity index (χ2v) is 7.38. The lowest BCUT2D eigenvalue weighted by molar-refractivity contribution is -0.697. The number of carbonyl (C=O) groups is 1. The molecule has 0 unspecified atom stereocenters. The van der Waals surface area contributed by atoms with Gasteiger partial charge < -0.3 is 20.1 Å². The van der Waals surface area contributed by atoms with E-state index in [-0.39, 0.29) is 12.7 Å². The maximum atomic E-state index is 13.1. The number of fused-ring (bicyclic) bond motifs is 1. The third-order valence-corrected chi connectivity index (χ3v) is 5.31. The number of quaternary nitrogens is 1. The molecule has 1 amide bonds. The van der Waals surface area contributed by atoms with Crippen LogP contribution in [-0.4, -0.2) is 12.7 Å². The zero-order valence-corrected chi connectivity index (χ0v) is 16.8. The number of hydrogen-bond acceptors (Lipinski definition) is 3. The average molecular weight is 410 g/mol. The van der Waals surface area contributed by atoms with Gasteiger partial charge in [0.2, 0.25) is 6.79 Å². The highest BCUT2D eigenvalue weighted by atomic mass is 35.5. The summed E-state index contributed by atoms with van der Waals surface area (Å²) in [4.78, 5) is 13.1. The van der Waals surface area contributed by atoms with E-state index in [1.807, 2.05) is 72.9 Å². The van der Waals surface area contributed by atoms with E-state index in [4.69, 9.17) is 21.1 Å². The number of ether oxygens (including phenoxy) is 2. The number of halogens is 1. The number of nitrogens with one attached hydrogen (secondary N) is 1. The average Bonchev–Trinajstić information content (AvgIpc) is 3.20. The zero-order chi connectivity index (χ0) is 20.2. The number of nitrogens with two attached hydrogens (primary N) is 1. The minimum Gasteiger partial charge on any atom is -0.454 e. The van der Waals surface area contributed by atoms with Gasteiger partial charge in [-0.15, -0.1) is 0 Å². The van der Waals surface area contributed by atoms with E-state index in [2.05, 4.69) is 5.32 Å². The normalized spacial score (nSPS) is 13.2. The highest BCUT2D eigenvalue weighted by Gasteiger charge is 2.25. The Kier molecular flexibility index (Phi) is 5.69. The van der Waals surface area contributed by atoms with Gasteiger partial charge in [0.15, 0.2) is 17.5 Å². The Bertz CT molecular complexity index is 1020. The summed E-state index contributed by atoms with van der Waals surface area (Å²) in [6.45, 7) is 2.80. The van der Waals surface area contributed by atoms with Gasteiger partial charge >= 0.3 is 0 Å². The summed E-state index contributed by atoms with van der Waals surface area (Å²) in [5.74, 6) is 1.39. The topological polar surface area (TPSA) is 64.2 Å².